The van der Waals surface area contributed by atoms with Gasteiger partial charge in [-0.3, -0.25) is 0 Å². The van der Waals surface area contributed by atoms with Crippen molar-refractivity contribution >= 4 is 28.9 Å². The van der Waals surface area contributed by atoms with Crippen LogP contribution in [-0.4, -0.2) is 11.1 Å². The van der Waals surface area contributed by atoms with Crippen LogP contribution in [0.2, 0.25) is 5.02 Å². The Morgan fingerprint density at radius 1 is 1.11 bits per heavy atom. The normalized spacial score (nSPS) is 10.3. The van der Waals surface area contributed by atoms with Crippen LogP contribution < -0.4 is 5.32 Å². The van der Waals surface area contributed by atoms with Gasteiger partial charge in [-0.05, 0) is 49.2 Å². The van der Waals surface area contributed by atoms with Crippen LogP contribution in [0.1, 0.15) is 21.5 Å². The second-order valence-electron chi connectivity index (χ2n) is 4.44. The van der Waals surface area contributed by atoms with Crippen LogP contribution in [-0.2, 0) is 0 Å². The van der Waals surface area contributed by atoms with Gasteiger partial charge < -0.3 is 10.4 Å². The zero-order valence-corrected chi connectivity index (χ0v) is 11.5. The summed E-state index contributed by atoms with van der Waals surface area (Å²) in [6.45, 7) is 3.86. The smallest absolute Gasteiger partial charge is 0.337 e. The van der Waals surface area contributed by atoms with Crippen molar-refractivity contribution in [2.45, 2.75) is 13.8 Å². The van der Waals surface area contributed by atoms with Crippen LogP contribution in [0, 0.1) is 13.8 Å². The SMILES string of the molecule is Cc1ccc(C(=O)O)c(Nc2cc(Cl)ccc2C)c1. The van der Waals surface area contributed by atoms with Crippen molar-refractivity contribution in [2.75, 3.05) is 5.32 Å². The Morgan fingerprint density at radius 2 is 1.84 bits per heavy atom. The number of rotatable bonds is 3. The first-order chi connectivity index (χ1) is 8.97. The molecule has 98 valence electrons. The number of halogens is 1. The van der Waals surface area contributed by atoms with Crippen LogP contribution in [0.15, 0.2) is 36.4 Å². The van der Waals surface area contributed by atoms with Crippen LogP contribution >= 0.6 is 11.6 Å². The van der Waals surface area contributed by atoms with E-state index in [9.17, 15) is 9.90 Å². The van der Waals surface area contributed by atoms with Crippen LogP contribution in [0.3, 0.4) is 0 Å². The number of nitrogens with one attached hydrogen (secondary N) is 1. The molecule has 2 aromatic rings. The van der Waals surface area contributed by atoms with E-state index >= 15 is 0 Å². The Morgan fingerprint density at radius 3 is 2.53 bits per heavy atom. The fourth-order valence-electron chi connectivity index (χ4n) is 1.82. The fourth-order valence-corrected chi connectivity index (χ4v) is 1.99. The van der Waals surface area contributed by atoms with E-state index in [1.54, 1.807) is 24.3 Å². The molecular formula is C15H14ClNO2. The summed E-state index contributed by atoms with van der Waals surface area (Å²) in [7, 11) is 0. The van der Waals surface area contributed by atoms with E-state index in [4.69, 9.17) is 11.6 Å². The summed E-state index contributed by atoms with van der Waals surface area (Å²) in [5, 5.41) is 12.9. The summed E-state index contributed by atoms with van der Waals surface area (Å²) >= 11 is 5.96. The van der Waals surface area contributed by atoms with E-state index in [2.05, 4.69) is 5.32 Å². The lowest BCUT2D eigenvalue weighted by atomic mass is 10.1. The monoisotopic (exact) mass is 275 g/mol. The highest BCUT2D eigenvalue weighted by molar-refractivity contribution is 6.30. The Labute approximate surface area is 116 Å². The van der Waals surface area contributed by atoms with Crippen LogP contribution in [0.25, 0.3) is 0 Å². The highest BCUT2D eigenvalue weighted by Gasteiger charge is 2.11. The van der Waals surface area contributed by atoms with Gasteiger partial charge in [0.2, 0.25) is 0 Å². The summed E-state index contributed by atoms with van der Waals surface area (Å²) < 4.78 is 0. The number of carboxylic acids is 1. The molecule has 2 rings (SSSR count). The highest BCUT2D eigenvalue weighted by Crippen LogP contribution is 2.27. The molecule has 0 aliphatic heterocycles. The first kappa shape index (κ1) is 13.4. The van der Waals surface area contributed by atoms with Gasteiger partial charge in [0.1, 0.15) is 0 Å². The Hall–Kier alpha value is -2.00. The number of aryl methyl sites for hydroxylation is 2. The quantitative estimate of drug-likeness (QED) is 0.873. The van der Waals surface area contributed by atoms with E-state index in [0.717, 1.165) is 16.8 Å². The van der Waals surface area contributed by atoms with Gasteiger partial charge in [-0.1, -0.05) is 23.7 Å². The summed E-state index contributed by atoms with van der Waals surface area (Å²) in [6.07, 6.45) is 0. The zero-order valence-electron chi connectivity index (χ0n) is 10.7. The maximum atomic E-state index is 11.2. The molecular weight excluding hydrogens is 262 g/mol. The van der Waals surface area contributed by atoms with E-state index in [-0.39, 0.29) is 5.56 Å². The van der Waals surface area contributed by atoms with Gasteiger partial charge in [-0.25, -0.2) is 4.79 Å². The Kier molecular flexibility index (Phi) is 3.76. The molecule has 0 heterocycles. The molecule has 0 aliphatic rings. The van der Waals surface area contributed by atoms with Crippen LogP contribution in [0.5, 0.6) is 0 Å². The minimum Gasteiger partial charge on any atom is -0.478 e. The van der Waals surface area contributed by atoms with Crippen molar-refractivity contribution in [1.82, 2.24) is 0 Å². The third kappa shape index (κ3) is 3.06. The third-order valence-electron chi connectivity index (χ3n) is 2.87. The predicted octanol–water partition coefficient (Wildman–Crippen LogP) is 4.40. The molecule has 2 aromatic carbocycles. The molecule has 4 heteroatoms. The third-order valence-corrected chi connectivity index (χ3v) is 3.11. The lowest BCUT2D eigenvalue weighted by Crippen LogP contribution is -2.03. The number of anilines is 2. The zero-order chi connectivity index (χ0) is 14.0. The van der Waals surface area contributed by atoms with E-state index in [1.165, 1.54) is 0 Å². The van der Waals surface area contributed by atoms with Gasteiger partial charge in [0.05, 0.1) is 11.3 Å². The lowest BCUT2D eigenvalue weighted by Gasteiger charge is -2.13. The molecule has 0 bridgehead atoms. The van der Waals surface area contributed by atoms with Gasteiger partial charge >= 0.3 is 5.97 Å². The number of aromatic carboxylic acids is 1. The largest absolute Gasteiger partial charge is 0.478 e. The molecule has 3 nitrogen and oxygen atoms in total. The molecule has 19 heavy (non-hydrogen) atoms. The van der Waals surface area contributed by atoms with Crippen molar-refractivity contribution in [3.63, 3.8) is 0 Å². The van der Waals surface area contributed by atoms with Gasteiger partial charge in [0.25, 0.3) is 0 Å². The molecule has 0 aliphatic carbocycles. The summed E-state index contributed by atoms with van der Waals surface area (Å²) in [5.41, 5.74) is 3.61. The van der Waals surface area contributed by atoms with Crippen molar-refractivity contribution in [3.05, 3.63) is 58.1 Å². The number of hydrogen-bond donors (Lipinski definition) is 2. The number of hydrogen-bond acceptors (Lipinski definition) is 2. The lowest BCUT2D eigenvalue weighted by molar-refractivity contribution is 0.0698. The van der Waals surface area contributed by atoms with Crippen LogP contribution in [0.4, 0.5) is 11.4 Å². The number of carbonyl (C=O) groups is 1. The Balaban J connectivity index is 2.45. The average molecular weight is 276 g/mol. The maximum Gasteiger partial charge on any atom is 0.337 e. The average Bonchev–Trinajstić information content (AvgIpc) is 2.33. The molecule has 0 unspecified atom stereocenters. The van der Waals surface area contributed by atoms with E-state index < -0.39 is 5.97 Å². The minimum atomic E-state index is -0.956. The second kappa shape index (κ2) is 5.33. The summed E-state index contributed by atoms with van der Waals surface area (Å²) in [6, 6.07) is 10.7. The fraction of sp³-hybridized carbons (Fsp3) is 0.133. The van der Waals surface area contributed by atoms with Gasteiger partial charge in [0, 0.05) is 10.7 Å². The molecule has 0 fully saturated rings. The Bertz CT molecular complexity index is 638. The summed E-state index contributed by atoms with van der Waals surface area (Å²) in [4.78, 5) is 11.2. The molecule has 0 radical (unpaired) electrons. The van der Waals surface area contributed by atoms with Crippen molar-refractivity contribution in [3.8, 4) is 0 Å². The van der Waals surface area contributed by atoms with Crippen molar-refractivity contribution in [1.29, 1.82) is 0 Å². The predicted molar refractivity (Wildman–Crippen MR) is 77.6 cm³/mol. The van der Waals surface area contributed by atoms with E-state index in [1.807, 2.05) is 26.0 Å². The first-order valence-electron chi connectivity index (χ1n) is 5.84. The molecule has 0 saturated carbocycles. The topological polar surface area (TPSA) is 49.3 Å². The van der Waals surface area contributed by atoms with Crippen molar-refractivity contribution < 1.29 is 9.90 Å². The number of benzene rings is 2. The highest BCUT2D eigenvalue weighted by atomic mass is 35.5. The number of carboxylic acid groups (broad SMARTS) is 1. The molecule has 0 saturated heterocycles. The standard InChI is InChI=1S/C15H14ClNO2/c1-9-3-6-12(15(18)19)14(7-9)17-13-8-11(16)5-4-10(13)2/h3-8,17H,1-2H3,(H,18,19). The second-order valence-corrected chi connectivity index (χ2v) is 4.87. The van der Waals surface area contributed by atoms with E-state index in [0.29, 0.717) is 10.7 Å². The van der Waals surface area contributed by atoms with Gasteiger partial charge in [0.15, 0.2) is 0 Å². The molecule has 0 amide bonds. The molecule has 2 N–H and O–H groups in total. The molecule has 0 aromatic heterocycles. The molecule has 0 atom stereocenters. The molecule has 0 spiro atoms. The minimum absolute atomic E-state index is 0.241. The van der Waals surface area contributed by atoms with Gasteiger partial charge in [-0.15, -0.1) is 0 Å². The maximum absolute atomic E-state index is 11.2. The van der Waals surface area contributed by atoms with Gasteiger partial charge in [-0.2, -0.15) is 0 Å². The summed E-state index contributed by atoms with van der Waals surface area (Å²) in [5.74, 6) is -0.956. The first-order valence-corrected chi connectivity index (χ1v) is 6.22. The van der Waals surface area contributed by atoms with Crippen molar-refractivity contribution in [2.24, 2.45) is 0 Å².